The van der Waals surface area contributed by atoms with E-state index in [1.54, 1.807) is 0 Å². The second-order valence-corrected chi connectivity index (χ2v) is 6.13. The summed E-state index contributed by atoms with van der Waals surface area (Å²) in [4.78, 5) is 12.5. The molecule has 110 valence electrons. The quantitative estimate of drug-likeness (QED) is 0.934. The molecular formula is C18H22N2O. The van der Waals surface area contributed by atoms with Gasteiger partial charge in [-0.15, -0.1) is 0 Å². The van der Waals surface area contributed by atoms with Gasteiger partial charge in [0, 0.05) is 18.2 Å². The van der Waals surface area contributed by atoms with Crippen molar-refractivity contribution in [2.24, 2.45) is 5.73 Å². The normalized spacial score (nSPS) is 14.7. The first kappa shape index (κ1) is 14.1. The predicted molar refractivity (Wildman–Crippen MR) is 86.4 cm³/mol. The number of rotatable bonds is 4. The molecule has 1 aromatic carbocycles. The van der Waals surface area contributed by atoms with Crippen molar-refractivity contribution in [3.63, 3.8) is 0 Å². The van der Waals surface area contributed by atoms with E-state index in [1.165, 1.54) is 5.56 Å². The van der Waals surface area contributed by atoms with Gasteiger partial charge in [-0.3, -0.25) is 4.79 Å². The Morgan fingerprint density at radius 1 is 1.14 bits per heavy atom. The molecule has 1 aliphatic rings. The molecule has 3 nitrogen and oxygen atoms in total. The van der Waals surface area contributed by atoms with Gasteiger partial charge in [0.15, 0.2) is 0 Å². The second kappa shape index (κ2) is 5.49. The van der Waals surface area contributed by atoms with Crippen molar-refractivity contribution in [3.8, 4) is 11.3 Å². The zero-order valence-corrected chi connectivity index (χ0v) is 12.7. The average Bonchev–Trinajstić information content (AvgIpc) is 3.31. The van der Waals surface area contributed by atoms with Gasteiger partial charge in [-0.2, -0.15) is 0 Å². The minimum Gasteiger partial charge on any atom is -0.326 e. The van der Waals surface area contributed by atoms with Crippen molar-refractivity contribution in [2.45, 2.75) is 45.2 Å². The van der Waals surface area contributed by atoms with E-state index in [1.807, 2.05) is 16.7 Å². The molecule has 2 N–H and O–H groups in total. The molecule has 1 aliphatic carbocycles. The summed E-state index contributed by atoms with van der Waals surface area (Å²) in [6.45, 7) is 4.68. The Hall–Kier alpha value is -1.87. The summed E-state index contributed by atoms with van der Waals surface area (Å²) < 4.78 is 1.94. The number of pyridine rings is 1. The summed E-state index contributed by atoms with van der Waals surface area (Å²) in [5.41, 5.74) is 9.87. The van der Waals surface area contributed by atoms with Gasteiger partial charge in [0.2, 0.25) is 0 Å². The van der Waals surface area contributed by atoms with Crippen molar-refractivity contribution in [2.75, 3.05) is 0 Å². The lowest BCUT2D eigenvalue weighted by molar-refractivity contribution is 0.704. The maximum atomic E-state index is 12.5. The van der Waals surface area contributed by atoms with E-state index in [0.717, 1.165) is 24.1 Å². The fourth-order valence-corrected chi connectivity index (χ4v) is 2.72. The smallest absolute Gasteiger partial charge is 0.255 e. The molecule has 1 aromatic heterocycles. The van der Waals surface area contributed by atoms with E-state index in [9.17, 15) is 4.79 Å². The Kier molecular flexibility index (Phi) is 3.68. The first-order valence-corrected chi connectivity index (χ1v) is 7.66. The second-order valence-electron chi connectivity index (χ2n) is 6.13. The van der Waals surface area contributed by atoms with Crippen LogP contribution < -0.4 is 11.3 Å². The third kappa shape index (κ3) is 2.66. The van der Waals surface area contributed by atoms with Gasteiger partial charge >= 0.3 is 0 Å². The summed E-state index contributed by atoms with van der Waals surface area (Å²) in [5, 5.41) is 0. The standard InChI is InChI=1S/C18H22N2O/c1-12(2)13-3-5-14(6-4-13)17-10-7-15(11-19)18(21)20(17)16-8-9-16/h3-7,10,12,16H,8-9,11,19H2,1-2H3. The van der Waals surface area contributed by atoms with Gasteiger partial charge in [0.25, 0.3) is 5.56 Å². The van der Waals surface area contributed by atoms with Crippen molar-refractivity contribution in [1.29, 1.82) is 0 Å². The number of nitrogens with zero attached hydrogens (tertiary/aromatic N) is 1. The van der Waals surface area contributed by atoms with Crippen molar-refractivity contribution < 1.29 is 0 Å². The molecule has 0 spiro atoms. The molecule has 0 atom stereocenters. The zero-order valence-electron chi connectivity index (χ0n) is 12.7. The number of benzene rings is 1. The molecule has 0 aliphatic heterocycles. The van der Waals surface area contributed by atoms with Crippen LogP contribution in [0.1, 0.15) is 49.8 Å². The van der Waals surface area contributed by atoms with Gasteiger partial charge in [-0.25, -0.2) is 0 Å². The number of nitrogens with two attached hydrogens (primary N) is 1. The first-order chi connectivity index (χ1) is 10.1. The highest BCUT2D eigenvalue weighted by atomic mass is 16.1. The zero-order chi connectivity index (χ0) is 15.0. The Morgan fingerprint density at radius 3 is 2.33 bits per heavy atom. The minimum absolute atomic E-state index is 0.0745. The number of hydrogen-bond donors (Lipinski definition) is 1. The SMILES string of the molecule is CC(C)c1ccc(-c2ccc(CN)c(=O)n2C2CC2)cc1. The molecule has 21 heavy (non-hydrogen) atoms. The van der Waals surface area contributed by atoms with Crippen LogP contribution in [-0.4, -0.2) is 4.57 Å². The lowest BCUT2D eigenvalue weighted by Gasteiger charge is -2.15. The van der Waals surface area contributed by atoms with Gasteiger partial charge in [0.1, 0.15) is 0 Å². The molecule has 3 rings (SSSR count). The van der Waals surface area contributed by atoms with Crippen molar-refractivity contribution in [3.05, 3.63) is 57.9 Å². The Morgan fingerprint density at radius 2 is 1.81 bits per heavy atom. The van der Waals surface area contributed by atoms with E-state index >= 15 is 0 Å². The molecule has 2 aromatic rings. The Balaban J connectivity index is 2.09. The summed E-state index contributed by atoms with van der Waals surface area (Å²) in [7, 11) is 0. The minimum atomic E-state index is 0.0745. The highest BCUT2D eigenvalue weighted by Crippen LogP contribution is 2.37. The highest BCUT2D eigenvalue weighted by molar-refractivity contribution is 5.61. The van der Waals surface area contributed by atoms with Crippen LogP contribution in [0.4, 0.5) is 0 Å². The molecular weight excluding hydrogens is 260 g/mol. The van der Waals surface area contributed by atoms with E-state index in [-0.39, 0.29) is 5.56 Å². The first-order valence-electron chi connectivity index (χ1n) is 7.66. The molecule has 1 saturated carbocycles. The largest absolute Gasteiger partial charge is 0.326 e. The molecule has 0 saturated heterocycles. The van der Waals surface area contributed by atoms with Crippen LogP contribution in [0.3, 0.4) is 0 Å². The van der Waals surface area contributed by atoms with Gasteiger partial charge in [-0.05, 0) is 36.0 Å². The fraction of sp³-hybridized carbons (Fsp3) is 0.389. The summed E-state index contributed by atoms with van der Waals surface area (Å²) in [5.74, 6) is 0.518. The van der Waals surface area contributed by atoms with E-state index in [0.29, 0.717) is 24.1 Å². The maximum absolute atomic E-state index is 12.5. The lowest BCUT2D eigenvalue weighted by Crippen LogP contribution is -2.25. The van der Waals surface area contributed by atoms with Crippen LogP contribution in [0.5, 0.6) is 0 Å². The van der Waals surface area contributed by atoms with E-state index in [2.05, 4.69) is 38.1 Å². The van der Waals surface area contributed by atoms with Crippen LogP contribution in [0.15, 0.2) is 41.2 Å². The van der Waals surface area contributed by atoms with Gasteiger partial charge in [-0.1, -0.05) is 44.2 Å². The molecule has 0 bridgehead atoms. The molecule has 1 heterocycles. The molecule has 0 unspecified atom stereocenters. The van der Waals surface area contributed by atoms with Crippen LogP contribution in [0.2, 0.25) is 0 Å². The van der Waals surface area contributed by atoms with Crippen LogP contribution >= 0.6 is 0 Å². The summed E-state index contributed by atoms with van der Waals surface area (Å²) in [6, 6.07) is 12.8. The lowest BCUT2D eigenvalue weighted by atomic mass is 10.0. The van der Waals surface area contributed by atoms with Gasteiger partial charge < -0.3 is 10.3 Å². The molecule has 0 amide bonds. The fourth-order valence-electron chi connectivity index (χ4n) is 2.72. The van der Waals surface area contributed by atoms with Crippen LogP contribution in [0.25, 0.3) is 11.3 Å². The topological polar surface area (TPSA) is 48.0 Å². The van der Waals surface area contributed by atoms with E-state index < -0.39 is 0 Å². The van der Waals surface area contributed by atoms with Crippen molar-refractivity contribution in [1.82, 2.24) is 4.57 Å². The van der Waals surface area contributed by atoms with Gasteiger partial charge in [0.05, 0.1) is 5.69 Å². The third-order valence-corrected chi connectivity index (χ3v) is 4.20. The Labute approximate surface area is 125 Å². The summed E-state index contributed by atoms with van der Waals surface area (Å²) in [6.07, 6.45) is 2.18. The third-order valence-electron chi connectivity index (χ3n) is 4.20. The van der Waals surface area contributed by atoms with Crippen LogP contribution in [-0.2, 0) is 6.54 Å². The van der Waals surface area contributed by atoms with Crippen LogP contribution in [0, 0.1) is 0 Å². The predicted octanol–water partition coefficient (Wildman–Crippen LogP) is 3.43. The maximum Gasteiger partial charge on any atom is 0.255 e. The number of aromatic nitrogens is 1. The number of hydrogen-bond acceptors (Lipinski definition) is 2. The highest BCUT2D eigenvalue weighted by Gasteiger charge is 2.27. The molecule has 0 radical (unpaired) electrons. The average molecular weight is 282 g/mol. The molecule has 3 heteroatoms. The van der Waals surface area contributed by atoms with Crippen molar-refractivity contribution >= 4 is 0 Å². The molecule has 1 fully saturated rings. The Bertz CT molecular complexity index is 694. The van der Waals surface area contributed by atoms with E-state index in [4.69, 9.17) is 5.73 Å². The summed E-state index contributed by atoms with van der Waals surface area (Å²) >= 11 is 0. The monoisotopic (exact) mass is 282 g/mol.